The number of carbonyl (C=O) groups excluding carboxylic acids is 3. The Bertz CT molecular complexity index is 1210. The van der Waals surface area contributed by atoms with Crippen LogP contribution in [0.4, 0.5) is 0 Å². The van der Waals surface area contributed by atoms with Crippen molar-refractivity contribution >= 4 is 17.9 Å². The van der Waals surface area contributed by atoms with Crippen molar-refractivity contribution in [1.29, 1.82) is 0 Å². The summed E-state index contributed by atoms with van der Waals surface area (Å²) in [5.74, 6) is -0.838. The van der Waals surface area contributed by atoms with Crippen LogP contribution in [0.3, 0.4) is 0 Å². The van der Waals surface area contributed by atoms with Crippen LogP contribution in [0.25, 0.3) is 0 Å². The molecule has 0 saturated carbocycles. The molecule has 0 spiro atoms. The van der Waals surface area contributed by atoms with Gasteiger partial charge in [0.1, 0.15) is 13.2 Å². The summed E-state index contributed by atoms with van der Waals surface area (Å²) in [6.07, 6.45) is 78.0. The molecule has 6 nitrogen and oxygen atoms in total. The molecular weight excluding hydrogens is 925 g/mol. The summed E-state index contributed by atoms with van der Waals surface area (Å²) in [5.41, 5.74) is 0. The Morgan fingerprint density at radius 3 is 0.733 bits per heavy atom. The van der Waals surface area contributed by atoms with E-state index < -0.39 is 6.10 Å². The van der Waals surface area contributed by atoms with Gasteiger partial charge >= 0.3 is 17.9 Å². The van der Waals surface area contributed by atoms with Gasteiger partial charge in [0.25, 0.3) is 0 Å². The van der Waals surface area contributed by atoms with Crippen LogP contribution in [0.15, 0.2) is 24.3 Å². The third-order valence-corrected chi connectivity index (χ3v) is 15.5. The van der Waals surface area contributed by atoms with Crippen molar-refractivity contribution in [3.05, 3.63) is 24.3 Å². The van der Waals surface area contributed by atoms with E-state index in [9.17, 15) is 14.4 Å². The van der Waals surface area contributed by atoms with Crippen molar-refractivity contribution in [3.63, 3.8) is 0 Å². The summed E-state index contributed by atoms with van der Waals surface area (Å²) < 4.78 is 16.9. The molecule has 0 N–H and O–H groups in total. The molecule has 0 amide bonds. The van der Waals surface area contributed by atoms with Gasteiger partial charge in [-0.2, -0.15) is 0 Å². The van der Waals surface area contributed by atoms with Gasteiger partial charge in [0.15, 0.2) is 6.10 Å². The molecule has 0 radical (unpaired) electrons. The van der Waals surface area contributed by atoms with Gasteiger partial charge in [0.05, 0.1) is 0 Å². The van der Waals surface area contributed by atoms with E-state index in [-0.39, 0.29) is 31.1 Å². The topological polar surface area (TPSA) is 78.9 Å². The monoisotopic (exact) mass is 1050 g/mol. The predicted molar refractivity (Wildman–Crippen MR) is 326 cm³/mol. The van der Waals surface area contributed by atoms with Crippen molar-refractivity contribution in [3.8, 4) is 0 Å². The van der Waals surface area contributed by atoms with Crippen molar-refractivity contribution in [2.45, 2.75) is 386 Å². The van der Waals surface area contributed by atoms with Crippen LogP contribution in [0.5, 0.6) is 0 Å². The second-order valence-corrected chi connectivity index (χ2v) is 23.1. The van der Waals surface area contributed by atoms with E-state index in [1.165, 1.54) is 276 Å². The van der Waals surface area contributed by atoms with Gasteiger partial charge in [-0.05, 0) is 51.4 Å². The Labute approximate surface area is 468 Å². The lowest BCUT2D eigenvalue weighted by Crippen LogP contribution is -2.30. The standard InChI is InChI=1S/C69H130O6/c1-4-7-10-13-16-19-21-23-25-26-27-28-29-30-31-32-33-34-35-36-37-38-39-40-41-42-44-45-47-50-53-56-59-62-68(71)74-65-66(64-73-67(70)61-58-55-52-49-18-15-12-9-6-3)75-69(72)63-60-57-54-51-48-46-43-24-22-20-17-14-11-8-5-2/h21,23,26-27,66H,4-20,22,24-25,28-65H2,1-3H3/b23-21-,27-26-. The number of rotatable bonds is 63. The summed E-state index contributed by atoms with van der Waals surface area (Å²) >= 11 is 0. The van der Waals surface area contributed by atoms with Gasteiger partial charge in [-0.1, -0.05) is 334 Å². The fraction of sp³-hybridized carbons (Fsp3) is 0.899. The molecule has 0 fully saturated rings. The lowest BCUT2D eigenvalue weighted by molar-refractivity contribution is -0.167. The molecule has 0 aliphatic heterocycles. The maximum Gasteiger partial charge on any atom is 0.306 e. The molecule has 0 saturated heterocycles. The van der Waals surface area contributed by atoms with E-state index in [2.05, 4.69) is 45.1 Å². The second-order valence-electron chi connectivity index (χ2n) is 23.1. The number of allylic oxidation sites excluding steroid dienone is 4. The average molecular weight is 1060 g/mol. The van der Waals surface area contributed by atoms with Crippen LogP contribution in [0, 0.1) is 0 Å². The van der Waals surface area contributed by atoms with Crippen molar-refractivity contribution in [2.75, 3.05) is 13.2 Å². The quantitative estimate of drug-likeness (QED) is 0.0261. The first-order valence-corrected chi connectivity index (χ1v) is 33.8. The first-order valence-electron chi connectivity index (χ1n) is 33.8. The summed E-state index contributed by atoms with van der Waals surface area (Å²) in [5, 5.41) is 0. The molecule has 1 atom stereocenters. The van der Waals surface area contributed by atoms with E-state index in [4.69, 9.17) is 14.2 Å². The molecule has 0 heterocycles. The first kappa shape index (κ1) is 72.9. The van der Waals surface area contributed by atoms with E-state index in [1.807, 2.05) is 0 Å². The number of ether oxygens (including phenoxy) is 3. The number of hydrogen-bond donors (Lipinski definition) is 0. The van der Waals surface area contributed by atoms with Gasteiger partial charge in [-0.25, -0.2) is 0 Å². The number of hydrogen-bond acceptors (Lipinski definition) is 6. The lowest BCUT2D eigenvalue weighted by atomic mass is 10.0. The fourth-order valence-electron chi connectivity index (χ4n) is 10.4. The average Bonchev–Trinajstić information content (AvgIpc) is 3.41. The van der Waals surface area contributed by atoms with Gasteiger partial charge in [0, 0.05) is 19.3 Å². The number of unbranched alkanes of at least 4 members (excludes halogenated alkanes) is 48. The second kappa shape index (κ2) is 64.4. The van der Waals surface area contributed by atoms with Gasteiger partial charge in [-0.3, -0.25) is 14.4 Å². The molecule has 0 bridgehead atoms. The third kappa shape index (κ3) is 62.6. The number of carbonyl (C=O) groups is 3. The highest BCUT2D eigenvalue weighted by Gasteiger charge is 2.19. The van der Waals surface area contributed by atoms with Gasteiger partial charge in [-0.15, -0.1) is 0 Å². The maximum absolute atomic E-state index is 12.9. The molecular formula is C69H130O6. The van der Waals surface area contributed by atoms with E-state index in [1.54, 1.807) is 0 Å². The summed E-state index contributed by atoms with van der Waals surface area (Å²) in [7, 11) is 0. The van der Waals surface area contributed by atoms with Crippen molar-refractivity contribution < 1.29 is 28.6 Å². The predicted octanol–water partition coefficient (Wildman–Crippen LogP) is 23.0. The van der Waals surface area contributed by atoms with Crippen LogP contribution >= 0.6 is 0 Å². The van der Waals surface area contributed by atoms with E-state index in [0.29, 0.717) is 19.3 Å². The molecule has 0 aromatic heterocycles. The first-order chi connectivity index (χ1) is 37.0. The van der Waals surface area contributed by atoms with Gasteiger partial charge < -0.3 is 14.2 Å². The zero-order chi connectivity index (χ0) is 54.3. The van der Waals surface area contributed by atoms with E-state index in [0.717, 1.165) is 64.2 Å². The molecule has 6 heteroatoms. The Kier molecular flexibility index (Phi) is 62.6. The minimum absolute atomic E-state index is 0.0635. The summed E-state index contributed by atoms with van der Waals surface area (Å²) in [6.45, 7) is 6.67. The SMILES string of the molecule is CCCCCCC/C=C\C/C=C\CCCCCCCCCCCCCCCCCCCCCCCC(=O)OCC(COC(=O)CCCCCCCCCCC)OC(=O)CCCCCCCCCCCCCCCCC. The Hall–Kier alpha value is -2.11. The summed E-state index contributed by atoms with van der Waals surface area (Å²) in [6, 6.07) is 0. The minimum Gasteiger partial charge on any atom is -0.462 e. The molecule has 0 aliphatic rings. The highest BCUT2D eigenvalue weighted by molar-refractivity contribution is 5.71. The zero-order valence-electron chi connectivity index (χ0n) is 50.8. The smallest absolute Gasteiger partial charge is 0.306 e. The Morgan fingerprint density at radius 1 is 0.267 bits per heavy atom. The van der Waals surface area contributed by atoms with Crippen molar-refractivity contribution in [2.24, 2.45) is 0 Å². The van der Waals surface area contributed by atoms with E-state index >= 15 is 0 Å². The fourth-order valence-corrected chi connectivity index (χ4v) is 10.4. The summed E-state index contributed by atoms with van der Waals surface area (Å²) in [4.78, 5) is 38.1. The van der Waals surface area contributed by atoms with Crippen LogP contribution in [0.2, 0.25) is 0 Å². The largest absolute Gasteiger partial charge is 0.462 e. The minimum atomic E-state index is -0.763. The molecule has 0 rings (SSSR count). The van der Waals surface area contributed by atoms with Crippen LogP contribution in [-0.2, 0) is 28.6 Å². The highest BCUT2D eigenvalue weighted by atomic mass is 16.6. The molecule has 1 unspecified atom stereocenters. The number of esters is 3. The molecule has 0 aromatic rings. The third-order valence-electron chi connectivity index (χ3n) is 15.5. The zero-order valence-corrected chi connectivity index (χ0v) is 50.8. The van der Waals surface area contributed by atoms with Crippen molar-refractivity contribution in [1.82, 2.24) is 0 Å². The molecule has 0 aromatic carbocycles. The van der Waals surface area contributed by atoms with Gasteiger partial charge in [0.2, 0.25) is 0 Å². The van der Waals surface area contributed by atoms with Crippen LogP contribution in [-0.4, -0.2) is 37.2 Å². The van der Waals surface area contributed by atoms with Crippen LogP contribution in [0.1, 0.15) is 380 Å². The van der Waals surface area contributed by atoms with Crippen LogP contribution < -0.4 is 0 Å². The lowest BCUT2D eigenvalue weighted by Gasteiger charge is -2.18. The Morgan fingerprint density at radius 2 is 0.480 bits per heavy atom. The molecule has 442 valence electrons. The normalized spacial score (nSPS) is 12.1. The highest BCUT2D eigenvalue weighted by Crippen LogP contribution is 2.18. The molecule has 75 heavy (non-hydrogen) atoms. The maximum atomic E-state index is 12.9. The molecule has 0 aliphatic carbocycles. The Balaban J connectivity index is 3.99.